The lowest BCUT2D eigenvalue weighted by atomic mass is 10.1. The van der Waals surface area contributed by atoms with Gasteiger partial charge in [-0.25, -0.2) is 4.68 Å². The third kappa shape index (κ3) is 3.62. The van der Waals surface area contributed by atoms with Crippen molar-refractivity contribution < 1.29 is 13.6 Å². The van der Waals surface area contributed by atoms with E-state index in [1.165, 1.54) is 6.07 Å². The summed E-state index contributed by atoms with van der Waals surface area (Å²) in [5, 5.41) is 6.30. The van der Waals surface area contributed by atoms with Gasteiger partial charge in [0.05, 0.1) is 11.7 Å². The summed E-state index contributed by atoms with van der Waals surface area (Å²) in [5.74, 6) is -0.496. The van der Waals surface area contributed by atoms with Crippen LogP contribution in [0.25, 0.3) is 0 Å². The first-order valence-corrected chi connectivity index (χ1v) is 6.59. The Morgan fingerprint density at radius 2 is 2.14 bits per heavy atom. The molecule has 1 atom stereocenters. The summed E-state index contributed by atoms with van der Waals surface area (Å²) in [6.07, 6.45) is 1.71. The summed E-state index contributed by atoms with van der Waals surface area (Å²) >= 11 is 0. The average Bonchev–Trinajstić information content (AvgIpc) is 2.94. The molecule has 0 fully saturated rings. The summed E-state index contributed by atoms with van der Waals surface area (Å²) < 4.78 is 25.3. The van der Waals surface area contributed by atoms with Crippen molar-refractivity contribution in [3.8, 4) is 0 Å². The molecule has 0 spiro atoms. The van der Waals surface area contributed by atoms with Crippen molar-refractivity contribution in [2.24, 2.45) is 0 Å². The second-order valence-electron chi connectivity index (χ2n) is 4.60. The van der Waals surface area contributed by atoms with Crippen molar-refractivity contribution in [1.82, 2.24) is 20.1 Å². The molecule has 21 heavy (non-hydrogen) atoms. The predicted molar refractivity (Wildman–Crippen MR) is 73.0 cm³/mol. The van der Waals surface area contributed by atoms with E-state index in [0.29, 0.717) is 11.1 Å². The van der Waals surface area contributed by atoms with Crippen molar-refractivity contribution >= 4 is 5.91 Å². The zero-order valence-corrected chi connectivity index (χ0v) is 11.8. The Kier molecular flexibility index (Phi) is 4.62. The number of hydrogen-bond acceptors (Lipinski definition) is 3. The zero-order chi connectivity index (χ0) is 15.4. The summed E-state index contributed by atoms with van der Waals surface area (Å²) in [5.41, 5.74) is 1.54. The number of nitrogens with zero attached hydrogens (tertiary/aromatic N) is 3. The first kappa shape index (κ1) is 15.1. The number of nitrogens with one attached hydrogen (secondary N) is 1. The van der Waals surface area contributed by atoms with Crippen LogP contribution >= 0.6 is 0 Å². The quantitative estimate of drug-likeness (QED) is 0.922. The number of aryl methyl sites for hydroxylation is 1. The Bertz CT molecular complexity index is 627. The van der Waals surface area contributed by atoms with Gasteiger partial charge in [-0.05, 0) is 31.5 Å². The molecule has 112 valence electrons. The third-order valence-electron chi connectivity index (χ3n) is 3.02. The number of alkyl halides is 2. The van der Waals surface area contributed by atoms with E-state index in [1.54, 1.807) is 0 Å². The van der Waals surface area contributed by atoms with Crippen LogP contribution in [0.5, 0.6) is 0 Å². The molecule has 2 aromatic heterocycles. The van der Waals surface area contributed by atoms with Gasteiger partial charge in [0.1, 0.15) is 5.69 Å². The minimum atomic E-state index is -2.76. The van der Waals surface area contributed by atoms with Crippen molar-refractivity contribution in [1.29, 1.82) is 0 Å². The van der Waals surface area contributed by atoms with Crippen LogP contribution in [0.4, 0.5) is 8.78 Å². The second kappa shape index (κ2) is 6.43. The van der Waals surface area contributed by atoms with Crippen LogP contribution in [0.15, 0.2) is 30.5 Å². The van der Waals surface area contributed by atoms with Crippen LogP contribution in [0, 0.1) is 6.92 Å². The van der Waals surface area contributed by atoms with E-state index in [9.17, 15) is 13.6 Å². The molecule has 0 aliphatic carbocycles. The minimum Gasteiger partial charge on any atom is -0.342 e. The lowest BCUT2D eigenvalue weighted by Crippen LogP contribution is -2.29. The summed E-state index contributed by atoms with van der Waals surface area (Å²) in [6.45, 7) is 1.02. The maximum Gasteiger partial charge on any atom is 0.333 e. The lowest BCUT2D eigenvalue weighted by Gasteiger charge is -2.16. The summed E-state index contributed by atoms with van der Waals surface area (Å²) in [4.78, 5) is 16.4. The highest BCUT2D eigenvalue weighted by Crippen LogP contribution is 2.16. The molecular formula is C14H16F2N4O. The summed E-state index contributed by atoms with van der Waals surface area (Å²) in [7, 11) is 0. The molecule has 0 aliphatic rings. The maximum absolute atomic E-state index is 12.4. The molecule has 1 amide bonds. The fraction of sp³-hybridized carbons (Fsp3) is 0.357. The van der Waals surface area contributed by atoms with Crippen LogP contribution in [0.2, 0.25) is 0 Å². The molecule has 2 aromatic rings. The van der Waals surface area contributed by atoms with E-state index in [0.717, 1.165) is 17.6 Å². The second-order valence-corrected chi connectivity index (χ2v) is 4.60. The molecule has 2 rings (SSSR count). The Labute approximate surface area is 121 Å². The third-order valence-corrected chi connectivity index (χ3v) is 3.02. The Morgan fingerprint density at radius 3 is 2.71 bits per heavy atom. The SMILES string of the molecule is CC[C@@H](NC(=O)c1ccn(C(F)F)n1)c1cccc(C)n1. The normalized spacial score (nSPS) is 12.4. The first-order chi connectivity index (χ1) is 10.0. The largest absolute Gasteiger partial charge is 0.342 e. The van der Waals surface area contributed by atoms with Gasteiger partial charge in [-0.15, -0.1) is 0 Å². The van der Waals surface area contributed by atoms with Crippen LogP contribution in [0.1, 0.15) is 47.8 Å². The fourth-order valence-corrected chi connectivity index (χ4v) is 1.94. The highest BCUT2D eigenvalue weighted by molar-refractivity contribution is 5.92. The van der Waals surface area contributed by atoms with E-state index in [4.69, 9.17) is 0 Å². The van der Waals surface area contributed by atoms with E-state index >= 15 is 0 Å². The van der Waals surface area contributed by atoms with Gasteiger partial charge >= 0.3 is 6.55 Å². The molecule has 0 radical (unpaired) electrons. The zero-order valence-electron chi connectivity index (χ0n) is 11.8. The Morgan fingerprint density at radius 1 is 1.38 bits per heavy atom. The molecule has 7 heteroatoms. The molecule has 0 saturated carbocycles. The molecular weight excluding hydrogens is 278 g/mol. The Balaban J connectivity index is 2.12. The minimum absolute atomic E-state index is 0.0404. The van der Waals surface area contributed by atoms with Crippen LogP contribution in [-0.4, -0.2) is 20.7 Å². The molecule has 5 nitrogen and oxygen atoms in total. The van der Waals surface area contributed by atoms with Gasteiger partial charge in [-0.3, -0.25) is 9.78 Å². The highest BCUT2D eigenvalue weighted by atomic mass is 19.3. The predicted octanol–water partition coefficient (Wildman–Crippen LogP) is 2.86. The monoisotopic (exact) mass is 294 g/mol. The number of aromatic nitrogens is 3. The maximum atomic E-state index is 12.4. The number of pyridine rings is 1. The van der Waals surface area contributed by atoms with Gasteiger partial charge in [0.25, 0.3) is 5.91 Å². The lowest BCUT2D eigenvalue weighted by molar-refractivity contribution is 0.0559. The van der Waals surface area contributed by atoms with Gasteiger partial charge in [-0.2, -0.15) is 13.9 Å². The van der Waals surface area contributed by atoms with Crippen molar-refractivity contribution in [3.05, 3.63) is 47.5 Å². The van der Waals surface area contributed by atoms with Crippen molar-refractivity contribution in [2.75, 3.05) is 0 Å². The summed E-state index contributed by atoms with van der Waals surface area (Å²) in [6, 6.07) is 6.52. The molecule has 0 saturated heterocycles. The number of amides is 1. The molecule has 0 aromatic carbocycles. The van der Waals surface area contributed by atoms with Gasteiger partial charge < -0.3 is 5.32 Å². The Hall–Kier alpha value is -2.31. The van der Waals surface area contributed by atoms with Crippen molar-refractivity contribution in [2.45, 2.75) is 32.9 Å². The van der Waals surface area contributed by atoms with Gasteiger partial charge in [0, 0.05) is 11.9 Å². The molecule has 0 bridgehead atoms. The van der Waals surface area contributed by atoms with E-state index in [1.807, 2.05) is 32.0 Å². The van der Waals surface area contributed by atoms with Crippen molar-refractivity contribution in [3.63, 3.8) is 0 Å². The number of rotatable bonds is 5. The van der Waals surface area contributed by atoms with Crippen LogP contribution in [-0.2, 0) is 0 Å². The van der Waals surface area contributed by atoms with Crippen LogP contribution < -0.4 is 5.32 Å². The van der Waals surface area contributed by atoms with Gasteiger partial charge in [0.2, 0.25) is 0 Å². The number of carbonyl (C=O) groups excluding carboxylic acids is 1. The molecule has 0 aliphatic heterocycles. The number of hydrogen-bond donors (Lipinski definition) is 1. The van der Waals surface area contributed by atoms with E-state index in [2.05, 4.69) is 15.4 Å². The first-order valence-electron chi connectivity index (χ1n) is 6.59. The number of carbonyl (C=O) groups is 1. The standard InChI is InChI=1S/C14H16F2N4O/c1-3-10(11-6-4-5-9(2)17-11)18-13(21)12-7-8-20(19-12)14(15)16/h4-8,10,14H,3H2,1-2H3,(H,18,21)/t10-/m1/s1. The molecule has 1 N–H and O–H groups in total. The van der Waals surface area contributed by atoms with E-state index in [-0.39, 0.29) is 11.7 Å². The smallest absolute Gasteiger partial charge is 0.333 e. The number of halogens is 2. The molecule has 2 heterocycles. The average molecular weight is 294 g/mol. The van der Waals surface area contributed by atoms with E-state index < -0.39 is 12.5 Å². The van der Waals surface area contributed by atoms with Gasteiger partial charge in [-0.1, -0.05) is 13.0 Å². The fourth-order valence-electron chi connectivity index (χ4n) is 1.94. The molecule has 0 unspecified atom stereocenters. The highest BCUT2D eigenvalue weighted by Gasteiger charge is 2.18. The van der Waals surface area contributed by atoms with Gasteiger partial charge in [0.15, 0.2) is 0 Å². The van der Waals surface area contributed by atoms with Crippen LogP contribution in [0.3, 0.4) is 0 Å². The topological polar surface area (TPSA) is 59.8 Å².